The van der Waals surface area contributed by atoms with Gasteiger partial charge in [-0.15, -0.1) is 0 Å². The van der Waals surface area contributed by atoms with Crippen LogP contribution in [0.25, 0.3) is 0 Å². The van der Waals surface area contributed by atoms with Crippen LogP contribution >= 0.6 is 23.2 Å². The summed E-state index contributed by atoms with van der Waals surface area (Å²) in [6, 6.07) is 21.3. The second-order valence-electron chi connectivity index (χ2n) is 7.22. The van der Waals surface area contributed by atoms with Crippen molar-refractivity contribution in [1.29, 1.82) is 0 Å². The Hall–Kier alpha value is -2.54. The minimum absolute atomic E-state index is 0.224. The molecule has 0 fully saturated rings. The van der Waals surface area contributed by atoms with E-state index in [1.54, 1.807) is 0 Å². The van der Waals surface area contributed by atoms with Gasteiger partial charge in [0.15, 0.2) is 0 Å². The maximum Gasteiger partial charge on any atom is 0.241 e. The summed E-state index contributed by atoms with van der Waals surface area (Å²) in [5.41, 5.74) is 3.07. The maximum atomic E-state index is 13.0. The Morgan fingerprint density at radius 2 is 1.55 bits per heavy atom. The highest BCUT2D eigenvalue weighted by Gasteiger charge is 2.24. The monoisotopic (exact) mass is 476 g/mol. The number of halogens is 2. The second-order valence-corrected chi connectivity index (χ2v) is 10.0. The van der Waals surface area contributed by atoms with E-state index < -0.39 is 28.5 Å². The lowest BCUT2D eigenvalue weighted by Crippen LogP contribution is -2.41. The van der Waals surface area contributed by atoms with E-state index in [2.05, 4.69) is 5.32 Å². The van der Waals surface area contributed by atoms with Gasteiger partial charge in [0.1, 0.15) is 6.54 Å². The number of carbonyl (C=O) groups excluding carboxylic acids is 1. The number of aryl methyl sites for hydroxylation is 1. The standard InChI is InChI=1S/C23H22Cl2N2O3S/c1-16-7-6-10-18(11-16)23(17-8-4-3-5-9-17)26-22(28)15-27(31(2,29)30)21-13-19(24)12-20(25)14-21/h3-14,23H,15H2,1-2H3,(H,26,28). The van der Waals surface area contributed by atoms with Gasteiger partial charge in [-0.1, -0.05) is 83.4 Å². The third-order valence-electron chi connectivity index (χ3n) is 4.64. The van der Waals surface area contributed by atoms with E-state index in [1.165, 1.54) is 18.2 Å². The molecule has 0 radical (unpaired) electrons. The summed E-state index contributed by atoms with van der Waals surface area (Å²) in [6.45, 7) is 1.56. The zero-order valence-electron chi connectivity index (χ0n) is 17.0. The summed E-state index contributed by atoms with van der Waals surface area (Å²) >= 11 is 12.1. The third kappa shape index (κ3) is 6.23. The number of nitrogens with zero attached hydrogens (tertiary/aromatic N) is 1. The summed E-state index contributed by atoms with van der Waals surface area (Å²) in [5.74, 6) is -0.461. The summed E-state index contributed by atoms with van der Waals surface area (Å²) in [6.07, 6.45) is 1.03. The topological polar surface area (TPSA) is 66.5 Å². The van der Waals surface area contributed by atoms with E-state index in [-0.39, 0.29) is 15.7 Å². The molecule has 0 saturated carbocycles. The number of rotatable bonds is 7. The fourth-order valence-corrected chi connectivity index (χ4v) is 4.63. The van der Waals surface area contributed by atoms with Crippen molar-refractivity contribution >= 4 is 44.8 Å². The quantitative estimate of drug-likeness (QED) is 0.523. The van der Waals surface area contributed by atoms with Crippen molar-refractivity contribution in [2.75, 3.05) is 17.1 Å². The molecule has 5 nitrogen and oxygen atoms in total. The van der Waals surface area contributed by atoms with E-state index in [0.29, 0.717) is 0 Å². The number of benzene rings is 3. The van der Waals surface area contributed by atoms with Gasteiger partial charge in [0.25, 0.3) is 0 Å². The summed E-state index contributed by atoms with van der Waals surface area (Å²) in [7, 11) is -3.76. The van der Waals surface area contributed by atoms with Crippen LogP contribution < -0.4 is 9.62 Å². The number of nitrogens with one attached hydrogen (secondary N) is 1. The van der Waals surface area contributed by atoms with Crippen molar-refractivity contribution < 1.29 is 13.2 Å². The Morgan fingerprint density at radius 1 is 0.935 bits per heavy atom. The first-order valence-corrected chi connectivity index (χ1v) is 12.1. The van der Waals surface area contributed by atoms with Gasteiger partial charge in [0, 0.05) is 10.0 Å². The lowest BCUT2D eigenvalue weighted by Gasteiger charge is -2.25. The molecule has 0 aliphatic rings. The molecule has 31 heavy (non-hydrogen) atoms. The average molecular weight is 477 g/mol. The molecule has 1 atom stereocenters. The van der Waals surface area contributed by atoms with Crippen LogP contribution in [-0.2, 0) is 14.8 Å². The molecule has 0 aromatic heterocycles. The highest BCUT2D eigenvalue weighted by atomic mass is 35.5. The van der Waals surface area contributed by atoms with Crippen LogP contribution in [0.5, 0.6) is 0 Å². The Kier molecular flexibility index (Phi) is 7.26. The van der Waals surface area contributed by atoms with E-state index in [9.17, 15) is 13.2 Å². The molecule has 0 heterocycles. The van der Waals surface area contributed by atoms with Crippen molar-refractivity contribution in [3.8, 4) is 0 Å². The van der Waals surface area contributed by atoms with Crippen molar-refractivity contribution in [2.45, 2.75) is 13.0 Å². The van der Waals surface area contributed by atoms with Gasteiger partial charge in [-0.05, 0) is 36.2 Å². The van der Waals surface area contributed by atoms with Gasteiger partial charge in [0.2, 0.25) is 15.9 Å². The maximum absolute atomic E-state index is 13.0. The number of sulfonamides is 1. The van der Waals surface area contributed by atoms with Gasteiger partial charge in [-0.25, -0.2) is 8.42 Å². The fraction of sp³-hybridized carbons (Fsp3) is 0.174. The number of hydrogen-bond donors (Lipinski definition) is 1. The minimum Gasteiger partial charge on any atom is -0.344 e. The highest BCUT2D eigenvalue weighted by Crippen LogP contribution is 2.27. The number of amides is 1. The zero-order chi connectivity index (χ0) is 22.6. The molecule has 0 aliphatic carbocycles. The first-order chi connectivity index (χ1) is 14.6. The van der Waals surface area contributed by atoms with Crippen molar-refractivity contribution in [1.82, 2.24) is 5.32 Å². The van der Waals surface area contributed by atoms with Gasteiger partial charge < -0.3 is 5.32 Å². The fourth-order valence-electron chi connectivity index (χ4n) is 3.27. The Morgan fingerprint density at radius 3 is 2.13 bits per heavy atom. The third-order valence-corrected chi connectivity index (χ3v) is 6.21. The SMILES string of the molecule is Cc1cccc(C(NC(=O)CN(c2cc(Cl)cc(Cl)c2)S(C)(=O)=O)c2ccccc2)c1. The first-order valence-electron chi connectivity index (χ1n) is 9.48. The smallest absolute Gasteiger partial charge is 0.241 e. The molecule has 1 amide bonds. The van der Waals surface area contributed by atoms with Crippen LogP contribution in [0.15, 0.2) is 72.8 Å². The Bertz CT molecular complexity index is 1160. The molecule has 1 N–H and O–H groups in total. The summed E-state index contributed by atoms with van der Waals surface area (Å²) in [4.78, 5) is 13.0. The summed E-state index contributed by atoms with van der Waals surface area (Å²) < 4.78 is 25.8. The predicted molar refractivity (Wildman–Crippen MR) is 126 cm³/mol. The van der Waals surface area contributed by atoms with E-state index >= 15 is 0 Å². The molecule has 8 heteroatoms. The largest absolute Gasteiger partial charge is 0.344 e. The summed E-state index contributed by atoms with van der Waals surface area (Å²) in [5, 5.41) is 3.52. The van der Waals surface area contributed by atoms with Gasteiger partial charge in [0.05, 0.1) is 18.0 Å². The van der Waals surface area contributed by atoms with Gasteiger partial charge in [-0.2, -0.15) is 0 Å². The molecule has 1 unspecified atom stereocenters. The molecular weight excluding hydrogens is 455 g/mol. The highest BCUT2D eigenvalue weighted by molar-refractivity contribution is 7.92. The first kappa shape index (κ1) is 23.1. The van der Waals surface area contributed by atoms with Crippen molar-refractivity contribution in [3.05, 3.63) is 99.5 Å². The molecule has 162 valence electrons. The zero-order valence-corrected chi connectivity index (χ0v) is 19.4. The number of anilines is 1. The molecule has 0 saturated heterocycles. The Balaban J connectivity index is 1.91. The van der Waals surface area contributed by atoms with Crippen molar-refractivity contribution in [3.63, 3.8) is 0 Å². The van der Waals surface area contributed by atoms with E-state index in [4.69, 9.17) is 23.2 Å². The molecule has 0 spiro atoms. The molecule has 0 aliphatic heterocycles. The lowest BCUT2D eigenvalue weighted by atomic mass is 9.97. The molecule has 0 bridgehead atoms. The van der Waals surface area contributed by atoms with Crippen LogP contribution in [0.4, 0.5) is 5.69 Å². The van der Waals surface area contributed by atoms with Crippen LogP contribution in [0.2, 0.25) is 10.0 Å². The number of hydrogen-bond acceptors (Lipinski definition) is 3. The van der Waals surface area contributed by atoms with Gasteiger partial charge >= 0.3 is 0 Å². The predicted octanol–water partition coefficient (Wildman–Crippen LogP) is 4.97. The Labute approximate surface area is 192 Å². The average Bonchev–Trinajstić information content (AvgIpc) is 2.69. The molecule has 3 rings (SSSR count). The number of carbonyl (C=O) groups is 1. The molecule has 3 aromatic rings. The van der Waals surface area contributed by atoms with Crippen LogP contribution in [-0.4, -0.2) is 27.1 Å². The van der Waals surface area contributed by atoms with E-state index in [1.807, 2.05) is 61.5 Å². The van der Waals surface area contributed by atoms with Crippen LogP contribution in [0, 0.1) is 6.92 Å². The van der Waals surface area contributed by atoms with Crippen molar-refractivity contribution in [2.24, 2.45) is 0 Å². The normalized spacial score (nSPS) is 12.3. The minimum atomic E-state index is -3.76. The molecule has 3 aromatic carbocycles. The lowest BCUT2D eigenvalue weighted by molar-refractivity contribution is -0.120. The van der Waals surface area contributed by atoms with Gasteiger partial charge in [-0.3, -0.25) is 9.10 Å². The molecular formula is C23H22Cl2N2O3S. The van der Waals surface area contributed by atoms with Crippen LogP contribution in [0.1, 0.15) is 22.7 Å². The van der Waals surface area contributed by atoms with Crippen LogP contribution in [0.3, 0.4) is 0 Å². The van der Waals surface area contributed by atoms with E-state index in [0.717, 1.165) is 27.3 Å². The second kappa shape index (κ2) is 9.73.